The predicted molar refractivity (Wildman–Crippen MR) is 78.9 cm³/mol. The number of hydrogen-bond donors (Lipinski definition) is 0. The molecule has 0 saturated heterocycles. The highest BCUT2D eigenvalue weighted by Gasteiger charge is 2.27. The first kappa shape index (κ1) is 15.4. The fourth-order valence-corrected chi connectivity index (χ4v) is 2.96. The van der Waals surface area contributed by atoms with Gasteiger partial charge in [-0.05, 0) is 31.7 Å². The molecule has 0 aliphatic carbocycles. The third-order valence-corrected chi connectivity index (χ3v) is 4.20. The Morgan fingerprint density at radius 2 is 2.22 bits per heavy atom. The minimum Gasteiger partial charge on any atom is -0.303 e. The van der Waals surface area contributed by atoms with Crippen molar-refractivity contribution in [2.45, 2.75) is 53.1 Å². The summed E-state index contributed by atoms with van der Waals surface area (Å²) in [7, 11) is 0. The van der Waals surface area contributed by atoms with E-state index < -0.39 is 0 Å². The van der Waals surface area contributed by atoms with Crippen molar-refractivity contribution in [2.75, 3.05) is 6.54 Å². The Bertz CT molecular complexity index is 347. The van der Waals surface area contributed by atoms with E-state index in [0.29, 0.717) is 6.04 Å². The standard InChI is InChI=1S/C15H25NOS/c1-5-8-15(4,12-17)11-16(13(2)3)10-14-7-6-9-18-14/h6-7,9,12-13H,5,8,10-11H2,1-4H3. The molecule has 3 heteroatoms. The zero-order valence-corrected chi connectivity index (χ0v) is 12.8. The number of carbonyl (C=O) groups is 1. The largest absolute Gasteiger partial charge is 0.303 e. The molecule has 2 nitrogen and oxygen atoms in total. The van der Waals surface area contributed by atoms with E-state index in [0.717, 1.165) is 32.2 Å². The number of carbonyl (C=O) groups excluding carboxylic acids is 1. The van der Waals surface area contributed by atoms with Crippen LogP contribution in [0.5, 0.6) is 0 Å². The van der Waals surface area contributed by atoms with Crippen LogP contribution in [-0.2, 0) is 11.3 Å². The van der Waals surface area contributed by atoms with Crippen LogP contribution < -0.4 is 0 Å². The van der Waals surface area contributed by atoms with E-state index in [9.17, 15) is 4.79 Å². The molecule has 0 radical (unpaired) electrons. The monoisotopic (exact) mass is 267 g/mol. The average Bonchev–Trinajstić information content (AvgIpc) is 2.81. The van der Waals surface area contributed by atoms with Crippen LogP contribution in [0, 0.1) is 5.41 Å². The Hall–Kier alpha value is -0.670. The van der Waals surface area contributed by atoms with Crippen molar-refractivity contribution in [1.29, 1.82) is 0 Å². The summed E-state index contributed by atoms with van der Waals surface area (Å²) < 4.78 is 0. The van der Waals surface area contributed by atoms with Crippen molar-refractivity contribution < 1.29 is 4.79 Å². The summed E-state index contributed by atoms with van der Waals surface area (Å²) in [4.78, 5) is 15.1. The first-order valence-electron chi connectivity index (χ1n) is 6.73. The fourth-order valence-electron chi connectivity index (χ4n) is 2.23. The van der Waals surface area contributed by atoms with Crippen LogP contribution in [0.4, 0.5) is 0 Å². The number of rotatable bonds is 8. The van der Waals surface area contributed by atoms with Gasteiger partial charge in [-0.15, -0.1) is 11.3 Å². The molecule has 0 saturated carbocycles. The van der Waals surface area contributed by atoms with Crippen molar-refractivity contribution in [2.24, 2.45) is 5.41 Å². The maximum Gasteiger partial charge on any atom is 0.127 e. The van der Waals surface area contributed by atoms with Gasteiger partial charge in [0.05, 0.1) is 0 Å². The second kappa shape index (κ2) is 7.05. The summed E-state index contributed by atoms with van der Waals surface area (Å²) in [5, 5.41) is 2.11. The van der Waals surface area contributed by atoms with Crippen LogP contribution >= 0.6 is 11.3 Å². The Morgan fingerprint density at radius 3 is 2.67 bits per heavy atom. The molecule has 1 unspecified atom stereocenters. The van der Waals surface area contributed by atoms with Crippen LogP contribution in [0.1, 0.15) is 45.4 Å². The van der Waals surface area contributed by atoms with E-state index in [1.807, 2.05) is 0 Å². The van der Waals surface area contributed by atoms with Gasteiger partial charge in [0.25, 0.3) is 0 Å². The molecule has 0 aromatic carbocycles. The third-order valence-electron chi connectivity index (χ3n) is 3.34. The van der Waals surface area contributed by atoms with Crippen molar-refractivity contribution in [3.05, 3.63) is 22.4 Å². The van der Waals surface area contributed by atoms with E-state index in [2.05, 4.69) is 50.1 Å². The van der Waals surface area contributed by atoms with Gasteiger partial charge in [0.2, 0.25) is 0 Å². The molecule has 102 valence electrons. The highest BCUT2D eigenvalue weighted by Crippen LogP contribution is 2.25. The van der Waals surface area contributed by atoms with Gasteiger partial charge in [-0.2, -0.15) is 0 Å². The van der Waals surface area contributed by atoms with Gasteiger partial charge in [0.15, 0.2) is 0 Å². The van der Waals surface area contributed by atoms with Crippen LogP contribution in [0.15, 0.2) is 17.5 Å². The van der Waals surface area contributed by atoms with Gasteiger partial charge in [0.1, 0.15) is 6.29 Å². The van der Waals surface area contributed by atoms with E-state index in [1.54, 1.807) is 11.3 Å². The van der Waals surface area contributed by atoms with Crippen molar-refractivity contribution >= 4 is 17.6 Å². The van der Waals surface area contributed by atoms with Crippen molar-refractivity contribution in [3.63, 3.8) is 0 Å². The van der Waals surface area contributed by atoms with Gasteiger partial charge in [-0.25, -0.2) is 0 Å². The molecule has 0 N–H and O–H groups in total. The van der Waals surface area contributed by atoms with E-state index >= 15 is 0 Å². The second-order valence-electron chi connectivity index (χ2n) is 5.60. The van der Waals surface area contributed by atoms with Gasteiger partial charge in [-0.1, -0.05) is 26.3 Å². The number of aldehydes is 1. The molecule has 18 heavy (non-hydrogen) atoms. The highest BCUT2D eigenvalue weighted by molar-refractivity contribution is 7.09. The maximum atomic E-state index is 11.4. The normalized spacial score (nSPS) is 15.0. The van der Waals surface area contributed by atoms with Crippen LogP contribution in [-0.4, -0.2) is 23.8 Å². The molecule has 0 spiro atoms. The summed E-state index contributed by atoms with van der Waals surface area (Å²) in [6, 6.07) is 4.71. The quantitative estimate of drug-likeness (QED) is 0.664. The van der Waals surface area contributed by atoms with E-state index in [1.165, 1.54) is 4.88 Å². The Kier molecular flexibility index (Phi) is 6.03. The van der Waals surface area contributed by atoms with Crippen LogP contribution in [0.2, 0.25) is 0 Å². The van der Waals surface area contributed by atoms with Crippen molar-refractivity contribution in [3.8, 4) is 0 Å². The highest BCUT2D eigenvalue weighted by atomic mass is 32.1. The average molecular weight is 267 g/mol. The van der Waals surface area contributed by atoms with Crippen LogP contribution in [0.25, 0.3) is 0 Å². The summed E-state index contributed by atoms with van der Waals surface area (Å²) >= 11 is 1.79. The zero-order valence-electron chi connectivity index (χ0n) is 12.0. The molecule has 1 heterocycles. The molecule has 0 amide bonds. The lowest BCUT2D eigenvalue weighted by atomic mass is 9.86. The molecule has 0 fully saturated rings. The van der Waals surface area contributed by atoms with E-state index in [-0.39, 0.29) is 5.41 Å². The summed E-state index contributed by atoms with van der Waals surface area (Å²) in [6.45, 7) is 10.4. The number of hydrogen-bond acceptors (Lipinski definition) is 3. The topological polar surface area (TPSA) is 20.3 Å². The third kappa shape index (κ3) is 4.54. The minimum absolute atomic E-state index is 0.212. The van der Waals surface area contributed by atoms with Crippen molar-refractivity contribution in [1.82, 2.24) is 4.90 Å². The number of thiophene rings is 1. The minimum atomic E-state index is -0.212. The lowest BCUT2D eigenvalue weighted by molar-refractivity contribution is -0.117. The van der Waals surface area contributed by atoms with Gasteiger partial charge in [0, 0.05) is 29.4 Å². The maximum absolute atomic E-state index is 11.4. The first-order valence-corrected chi connectivity index (χ1v) is 7.61. The van der Waals surface area contributed by atoms with Gasteiger partial charge in [-0.3, -0.25) is 4.90 Å². The predicted octanol–water partition coefficient (Wildman–Crippen LogP) is 3.96. The Morgan fingerprint density at radius 1 is 1.50 bits per heavy atom. The van der Waals surface area contributed by atoms with Gasteiger partial charge >= 0.3 is 0 Å². The molecule has 0 aliphatic rings. The zero-order chi connectivity index (χ0) is 13.6. The molecular weight excluding hydrogens is 242 g/mol. The SMILES string of the molecule is CCCC(C)(C=O)CN(Cc1cccs1)C(C)C. The van der Waals surface area contributed by atoms with Gasteiger partial charge < -0.3 is 4.79 Å². The lowest BCUT2D eigenvalue weighted by Crippen LogP contribution is -2.40. The molecule has 1 atom stereocenters. The smallest absolute Gasteiger partial charge is 0.127 e. The molecule has 0 aliphatic heterocycles. The Labute approximate surface area is 115 Å². The molecule has 1 rings (SSSR count). The molecule has 0 bridgehead atoms. The first-order chi connectivity index (χ1) is 8.50. The van der Waals surface area contributed by atoms with E-state index in [4.69, 9.17) is 0 Å². The molecule has 1 aromatic heterocycles. The fraction of sp³-hybridized carbons (Fsp3) is 0.667. The summed E-state index contributed by atoms with van der Waals surface area (Å²) in [5.74, 6) is 0. The molecular formula is C15H25NOS. The molecule has 1 aromatic rings. The summed E-state index contributed by atoms with van der Waals surface area (Å²) in [6.07, 6.45) is 3.16. The number of nitrogens with zero attached hydrogens (tertiary/aromatic N) is 1. The summed E-state index contributed by atoms with van der Waals surface area (Å²) in [5.41, 5.74) is -0.212. The lowest BCUT2D eigenvalue weighted by Gasteiger charge is -2.34. The Balaban J connectivity index is 2.70. The second-order valence-corrected chi connectivity index (χ2v) is 6.63. The van der Waals surface area contributed by atoms with Crippen LogP contribution in [0.3, 0.4) is 0 Å².